The van der Waals surface area contributed by atoms with Crippen LogP contribution in [0.15, 0.2) is 0 Å². The number of ether oxygens (including phenoxy) is 2. The Morgan fingerprint density at radius 3 is 2.38 bits per heavy atom. The van der Waals surface area contributed by atoms with Crippen LogP contribution in [0, 0.1) is 0 Å². The van der Waals surface area contributed by atoms with Crippen molar-refractivity contribution in [1.82, 2.24) is 4.90 Å². The molecule has 0 aromatic heterocycles. The third-order valence-electron chi connectivity index (χ3n) is 2.40. The van der Waals surface area contributed by atoms with E-state index in [1.54, 1.807) is 4.90 Å². The van der Waals surface area contributed by atoms with Crippen molar-refractivity contribution in [1.29, 1.82) is 0 Å². The largest absolute Gasteiger partial charge is 0.444 e. The van der Waals surface area contributed by atoms with E-state index in [0.717, 1.165) is 12.8 Å². The average Bonchev–Trinajstić information content (AvgIpc) is 2.16. The Labute approximate surface area is 103 Å². The third-order valence-corrected chi connectivity index (χ3v) is 2.55. The Morgan fingerprint density at radius 1 is 1.38 bits per heavy atom. The van der Waals surface area contributed by atoms with Gasteiger partial charge < -0.3 is 14.4 Å². The van der Waals surface area contributed by atoms with Crippen LogP contribution in [0.4, 0.5) is 4.79 Å². The van der Waals surface area contributed by atoms with Crippen molar-refractivity contribution in [3.8, 4) is 0 Å². The lowest BCUT2D eigenvalue weighted by Crippen LogP contribution is -2.43. The topological polar surface area (TPSA) is 38.8 Å². The molecule has 4 nitrogen and oxygen atoms in total. The number of carbonyl (C=O) groups is 1. The monoisotopic (exact) mass is 247 g/mol. The van der Waals surface area contributed by atoms with Crippen LogP contribution in [0.1, 0.15) is 33.6 Å². The number of amides is 1. The minimum absolute atomic E-state index is 0.225. The zero-order valence-electron chi connectivity index (χ0n) is 10.2. The van der Waals surface area contributed by atoms with E-state index in [-0.39, 0.29) is 12.2 Å². The highest BCUT2D eigenvalue weighted by Gasteiger charge is 2.26. The molecule has 0 spiro atoms. The first-order chi connectivity index (χ1) is 7.42. The lowest BCUT2D eigenvalue weighted by molar-refractivity contribution is -0.000629. The summed E-state index contributed by atoms with van der Waals surface area (Å²) in [5, 5.41) is 0. The maximum absolute atomic E-state index is 11.7. The van der Waals surface area contributed by atoms with Crippen molar-refractivity contribution in [2.75, 3.05) is 19.0 Å². The summed E-state index contributed by atoms with van der Waals surface area (Å²) in [6.07, 6.45) is 1.73. The summed E-state index contributed by atoms with van der Waals surface area (Å²) in [4.78, 5) is 13.5. The van der Waals surface area contributed by atoms with E-state index in [1.807, 2.05) is 20.8 Å². The summed E-state index contributed by atoms with van der Waals surface area (Å²) in [5.41, 5.74) is -0.421. The number of hydrogen-bond acceptors (Lipinski definition) is 4. The maximum atomic E-state index is 11.7. The second kappa shape index (κ2) is 5.77. The molecule has 5 heteroatoms. The molecule has 0 saturated carbocycles. The number of hydrogen-bond donors (Lipinski definition) is 1. The normalized spacial score (nSPS) is 18.6. The van der Waals surface area contributed by atoms with E-state index < -0.39 is 5.60 Å². The standard InChI is InChI=1S/C11H21NO3S/c1-11(2,3)15-10(13)12-6-4-9(5-7-12)14-8-16/h9,16H,4-8H2,1-3H3. The Kier molecular flexibility index (Phi) is 4.92. The van der Waals surface area contributed by atoms with Crippen molar-refractivity contribution >= 4 is 18.7 Å². The van der Waals surface area contributed by atoms with Crippen molar-refractivity contribution in [2.45, 2.75) is 45.3 Å². The highest BCUT2D eigenvalue weighted by atomic mass is 32.1. The number of thiol groups is 1. The molecule has 1 aliphatic heterocycles. The molecule has 0 aromatic carbocycles. The van der Waals surface area contributed by atoms with Crippen LogP contribution >= 0.6 is 12.6 Å². The highest BCUT2D eigenvalue weighted by molar-refractivity contribution is 7.80. The summed E-state index contributed by atoms with van der Waals surface area (Å²) in [6, 6.07) is 0. The van der Waals surface area contributed by atoms with Gasteiger partial charge in [-0.2, -0.15) is 12.6 Å². The van der Waals surface area contributed by atoms with Crippen LogP contribution in [-0.2, 0) is 9.47 Å². The predicted molar refractivity (Wildman–Crippen MR) is 65.8 cm³/mol. The van der Waals surface area contributed by atoms with Gasteiger partial charge in [-0.05, 0) is 33.6 Å². The quantitative estimate of drug-likeness (QED) is 0.601. The maximum Gasteiger partial charge on any atom is 0.410 e. The summed E-state index contributed by atoms with van der Waals surface area (Å²) >= 11 is 4.02. The molecule has 1 aliphatic rings. The van der Waals surface area contributed by atoms with Crippen molar-refractivity contribution in [3.63, 3.8) is 0 Å². The molecule has 1 amide bonds. The van der Waals surface area contributed by atoms with Gasteiger partial charge in [-0.25, -0.2) is 4.79 Å². The predicted octanol–water partition coefficient (Wildman–Crippen LogP) is 2.29. The van der Waals surface area contributed by atoms with Gasteiger partial charge >= 0.3 is 6.09 Å². The fourth-order valence-electron chi connectivity index (χ4n) is 1.64. The van der Waals surface area contributed by atoms with Gasteiger partial charge in [0.05, 0.1) is 12.0 Å². The zero-order chi connectivity index (χ0) is 12.2. The van der Waals surface area contributed by atoms with Gasteiger partial charge in [0.25, 0.3) is 0 Å². The molecule has 0 unspecified atom stereocenters. The number of piperidine rings is 1. The summed E-state index contributed by atoms with van der Waals surface area (Å²) < 4.78 is 10.7. The first-order valence-corrected chi connectivity index (χ1v) is 6.26. The molecule has 0 N–H and O–H groups in total. The highest BCUT2D eigenvalue weighted by Crippen LogP contribution is 2.17. The molecule has 1 fully saturated rings. The number of carbonyl (C=O) groups excluding carboxylic acids is 1. The second-order valence-corrected chi connectivity index (χ2v) is 5.22. The Morgan fingerprint density at radius 2 is 1.94 bits per heavy atom. The molecule has 1 heterocycles. The molecule has 94 valence electrons. The van der Waals surface area contributed by atoms with E-state index in [0.29, 0.717) is 19.0 Å². The van der Waals surface area contributed by atoms with E-state index in [9.17, 15) is 4.79 Å². The van der Waals surface area contributed by atoms with Crippen LogP contribution in [0.3, 0.4) is 0 Å². The number of likely N-dealkylation sites (tertiary alicyclic amines) is 1. The van der Waals surface area contributed by atoms with Crippen LogP contribution in [0.5, 0.6) is 0 Å². The van der Waals surface area contributed by atoms with Crippen LogP contribution in [0.25, 0.3) is 0 Å². The fourth-order valence-corrected chi connectivity index (χ4v) is 1.85. The second-order valence-electron chi connectivity index (χ2n) is 4.96. The summed E-state index contributed by atoms with van der Waals surface area (Å²) in [6.45, 7) is 7.03. The van der Waals surface area contributed by atoms with Crippen molar-refractivity contribution < 1.29 is 14.3 Å². The fraction of sp³-hybridized carbons (Fsp3) is 0.909. The first-order valence-electron chi connectivity index (χ1n) is 5.63. The molecule has 0 bridgehead atoms. The molecule has 0 atom stereocenters. The molecular formula is C11H21NO3S. The molecule has 0 aliphatic carbocycles. The van der Waals surface area contributed by atoms with Gasteiger partial charge in [0.15, 0.2) is 0 Å². The van der Waals surface area contributed by atoms with Gasteiger partial charge in [0.2, 0.25) is 0 Å². The summed E-state index contributed by atoms with van der Waals surface area (Å²) in [7, 11) is 0. The van der Waals surface area contributed by atoms with Crippen LogP contribution in [-0.4, -0.2) is 41.7 Å². The zero-order valence-corrected chi connectivity index (χ0v) is 11.1. The van der Waals surface area contributed by atoms with Crippen molar-refractivity contribution in [2.24, 2.45) is 0 Å². The molecule has 1 rings (SSSR count). The van der Waals surface area contributed by atoms with Crippen LogP contribution < -0.4 is 0 Å². The molecular weight excluding hydrogens is 226 g/mol. The Bertz CT molecular complexity index is 232. The smallest absolute Gasteiger partial charge is 0.410 e. The van der Waals surface area contributed by atoms with E-state index in [4.69, 9.17) is 9.47 Å². The van der Waals surface area contributed by atoms with E-state index >= 15 is 0 Å². The molecule has 0 radical (unpaired) electrons. The number of rotatable bonds is 2. The molecule has 0 aromatic rings. The van der Waals surface area contributed by atoms with E-state index in [2.05, 4.69) is 12.6 Å². The Hall–Kier alpha value is -0.420. The molecule has 1 saturated heterocycles. The minimum Gasteiger partial charge on any atom is -0.444 e. The van der Waals surface area contributed by atoms with Gasteiger partial charge in [-0.15, -0.1) is 0 Å². The number of nitrogens with zero attached hydrogens (tertiary/aromatic N) is 1. The summed E-state index contributed by atoms with van der Waals surface area (Å²) in [5.74, 6) is 0.442. The SMILES string of the molecule is CC(C)(C)OC(=O)N1CCC(OCS)CC1. The average molecular weight is 247 g/mol. The third kappa shape index (κ3) is 4.61. The Balaban J connectivity index is 2.33. The van der Waals surface area contributed by atoms with Gasteiger partial charge in [0.1, 0.15) is 5.60 Å². The van der Waals surface area contributed by atoms with Gasteiger partial charge in [-0.1, -0.05) is 0 Å². The first kappa shape index (κ1) is 13.6. The van der Waals surface area contributed by atoms with Crippen LogP contribution in [0.2, 0.25) is 0 Å². The van der Waals surface area contributed by atoms with Gasteiger partial charge in [0, 0.05) is 13.1 Å². The van der Waals surface area contributed by atoms with E-state index in [1.165, 1.54) is 0 Å². The van der Waals surface area contributed by atoms with Gasteiger partial charge in [-0.3, -0.25) is 0 Å². The molecule has 16 heavy (non-hydrogen) atoms. The van der Waals surface area contributed by atoms with Crippen molar-refractivity contribution in [3.05, 3.63) is 0 Å². The lowest BCUT2D eigenvalue weighted by atomic mass is 10.1. The lowest BCUT2D eigenvalue weighted by Gasteiger charge is -2.33. The minimum atomic E-state index is -0.421.